The quantitative estimate of drug-likeness (QED) is 0.536. The van der Waals surface area contributed by atoms with Crippen LogP contribution in [-0.4, -0.2) is 61.3 Å². The Kier molecular flexibility index (Phi) is 6.81. The van der Waals surface area contributed by atoms with E-state index >= 15 is 0 Å². The number of hydrogen-bond acceptors (Lipinski definition) is 5. The molecule has 3 N–H and O–H groups in total. The molecule has 0 atom stereocenters. The number of carboxylic acid groups (broad SMARTS) is 1. The van der Waals surface area contributed by atoms with Gasteiger partial charge in [-0.05, 0) is 13.8 Å². The summed E-state index contributed by atoms with van der Waals surface area (Å²) in [5.41, 5.74) is 4.87. The van der Waals surface area contributed by atoms with E-state index in [0.29, 0.717) is 4.31 Å². The van der Waals surface area contributed by atoms with E-state index in [1.54, 1.807) is 13.8 Å². The van der Waals surface area contributed by atoms with Crippen LogP contribution in [0.3, 0.4) is 0 Å². The number of nitrogens with zero attached hydrogens (tertiary/aromatic N) is 1. The summed E-state index contributed by atoms with van der Waals surface area (Å²) in [4.78, 5) is 21.2. The second kappa shape index (κ2) is 7.29. The topological polar surface area (TPSA) is 127 Å². The number of rotatable bonds is 9. The summed E-state index contributed by atoms with van der Waals surface area (Å²) in [7, 11) is -3.88. The molecule has 0 spiro atoms. The number of ether oxygens (including phenoxy) is 1. The van der Waals surface area contributed by atoms with E-state index in [9.17, 15) is 18.0 Å². The zero-order chi connectivity index (χ0) is 14.3. The predicted octanol–water partition coefficient (Wildman–Crippen LogP) is -1.39. The first-order valence-corrected chi connectivity index (χ1v) is 6.85. The average Bonchev–Trinajstić information content (AvgIpc) is 2.13. The van der Waals surface area contributed by atoms with Crippen molar-refractivity contribution >= 4 is 21.9 Å². The molecule has 0 aliphatic carbocycles. The summed E-state index contributed by atoms with van der Waals surface area (Å²) in [6, 6.07) is 0. The minimum Gasteiger partial charge on any atom is -0.480 e. The molecule has 0 aromatic rings. The molecule has 0 aliphatic heterocycles. The summed E-state index contributed by atoms with van der Waals surface area (Å²) >= 11 is 0. The van der Waals surface area contributed by atoms with Gasteiger partial charge in [-0.15, -0.1) is 0 Å². The molecule has 9 heteroatoms. The van der Waals surface area contributed by atoms with E-state index in [4.69, 9.17) is 15.6 Å². The average molecular weight is 282 g/mol. The van der Waals surface area contributed by atoms with Crippen molar-refractivity contribution in [3.8, 4) is 0 Å². The van der Waals surface area contributed by atoms with Gasteiger partial charge in [0, 0.05) is 0 Å². The van der Waals surface area contributed by atoms with Crippen molar-refractivity contribution < 1.29 is 27.9 Å². The second-order valence-electron chi connectivity index (χ2n) is 3.86. The summed E-state index contributed by atoms with van der Waals surface area (Å²) < 4.78 is 29.1. The number of sulfonamides is 1. The fourth-order valence-electron chi connectivity index (χ4n) is 1.10. The predicted molar refractivity (Wildman–Crippen MR) is 63.3 cm³/mol. The van der Waals surface area contributed by atoms with Crippen LogP contribution in [-0.2, 0) is 24.3 Å². The van der Waals surface area contributed by atoms with Gasteiger partial charge in [0.2, 0.25) is 15.9 Å². The Balaban J connectivity index is 4.63. The monoisotopic (exact) mass is 282 g/mol. The van der Waals surface area contributed by atoms with Gasteiger partial charge in [-0.25, -0.2) is 8.42 Å². The van der Waals surface area contributed by atoms with Crippen LogP contribution in [0.5, 0.6) is 0 Å². The fraction of sp³-hybridized carbons (Fsp3) is 0.778. The number of primary amides is 1. The lowest BCUT2D eigenvalue weighted by Gasteiger charge is -2.19. The van der Waals surface area contributed by atoms with Gasteiger partial charge in [0.05, 0.1) is 25.0 Å². The molecule has 0 saturated heterocycles. The molecule has 0 bridgehead atoms. The molecule has 0 saturated carbocycles. The van der Waals surface area contributed by atoms with Gasteiger partial charge >= 0.3 is 5.97 Å². The van der Waals surface area contributed by atoms with Crippen LogP contribution >= 0.6 is 0 Å². The van der Waals surface area contributed by atoms with Crippen LogP contribution in [0.4, 0.5) is 0 Å². The van der Waals surface area contributed by atoms with Crippen LogP contribution < -0.4 is 5.73 Å². The Morgan fingerprint density at radius 1 is 1.33 bits per heavy atom. The van der Waals surface area contributed by atoms with Gasteiger partial charge in [0.25, 0.3) is 0 Å². The zero-order valence-electron chi connectivity index (χ0n) is 10.3. The molecule has 106 valence electrons. The van der Waals surface area contributed by atoms with E-state index in [-0.39, 0.29) is 12.7 Å². The van der Waals surface area contributed by atoms with E-state index in [1.807, 2.05) is 0 Å². The summed E-state index contributed by atoms with van der Waals surface area (Å²) in [5, 5.41) is 8.58. The zero-order valence-corrected chi connectivity index (χ0v) is 11.1. The van der Waals surface area contributed by atoms with Gasteiger partial charge in [-0.3, -0.25) is 9.59 Å². The third-order valence-electron chi connectivity index (χ3n) is 1.83. The highest BCUT2D eigenvalue weighted by atomic mass is 32.2. The number of amides is 1. The van der Waals surface area contributed by atoms with E-state index in [0.717, 1.165) is 0 Å². The number of carbonyl (C=O) groups excluding carboxylic acids is 1. The van der Waals surface area contributed by atoms with Gasteiger partial charge in [-0.2, -0.15) is 4.31 Å². The van der Waals surface area contributed by atoms with Crippen LogP contribution in [0, 0.1) is 0 Å². The maximum atomic E-state index is 11.8. The molecule has 0 aromatic carbocycles. The first-order chi connectivity index (χ1) is 8.15. The molecule has 0 aliphatic rings. The van der Waals surface area contributed by atoms with E-state index < -0.39 is 40.7 Å². The van der Waals surface area contributed by atoms with Crippen LogP contribution in [0.15, 0.2) is 0 Å². The minimum absolute atomic E-state index is 0.0745. The molecular weight excluding hydrogens is 264 g/mol. The first-order valence-electron chi connectivity index (χ1n) is 5.24. The molecule has 0 radical (unpaired) electrons. The smallest absolute Gasteiger partial charge is 0.318 e. The second-order valence-corrected chi connectivity index (χ2v) is 5.95. The van der Waals surface area contributed by atoms with Gasteiger partial charge in [-0.1, -0.05) is 0 Å². The number of carboxylic acids is 1. The van der Waals surface area contributed by atoms with Crippen molar-refractivity contribution in [2.24, 2.45) is 5.73 Å². The Labute approximate surface area is 106 Å². The van der Waals surface area contributed by atoms with Crippen molar-refractivity contribution in [3.05, 3.63) is 0 Å². The Hall–Kier alpha value is -1.19. The lowest BCUT2D eigenvalue weighted by Crippen LogP contribution is -2.43. The van der Waals surface area contributed by atoms with Crippen LogP contribution in [0.1, 0.15) is 13.8 Å². The summed E-state index contributed by atoms with van der Waals surface area (Å²) in [6.07, 6.45) is -0.135. The number of aliphatic carboxylic acids is 1. The molecule has 1 amide bonds. The highest BCUT2D eigenvalue weighted by Gasteiger charge is 2.25. The number of nitrogens with two attached hydrogens (primary N) is 1. The minimum atomic E-state index is -3.88. The largest absolute Gasteiger partial charge is 0.480 e. The lowest BCUT2D eigenvalue weighted by atomic mass is 10.5. The molecule has 8 nitrogen and oxygen atoms in total. The van der Waals surface area contributed by atoms with Crippen molar-refractivity contribution in [3.63, 3.8) is 0 Å². The van der Waals surface area contributed by atoms with Crippen molar-refractivity contribution in [2.45, 2.75) is 20.0 Å². The van der Waals surface area contributed by atoms with Gasteiger partial charge in [0.1, 0.15) is 6.54 Å². The van der Waals surface area contributed by atoms with Crippen LogP contribution in [0.25, 0.3) is 0 Å². The van der Waals surface area contributed by atoms with Gasteiger partial charge < -0.3 is 15.6 Å². The third-order valence-corrected chi connectivity index (χ3v) is 3.56. The van der Waals surface area contributed by atoms with E-state index in [2.05, 4.69) is 0 Å². The third kappa shape index (κ3) is 7.20. The summed E-state index contributed by atoms with van der Waals surface area (Å²) in [5.74, 6) is -2.67. The lowest BCUT2D eigenvalue weighted by molar-refractivity contribution is -0.137. The maximum Gasteiger partial charge on any atom is 0.318 e. The van der Waals surface area contributed by atoms with Crippen molar-refractivity contribution in [2.75, 3.05) is 25.4 Å². The van der Waals surface area contributed by atoms with E-state index in [1.165, 1.54) is 0 Å². The number of carbonyl (C=O) groups is 2. The van der Waals surface area contributed by atoms with Crippen molar-refractivity contribution in [1.82, 2.24) is 4.31 Å². The highest BCUT2D eigenvalue weighted by Crippen LogP contribution is 2.02. The normalized spacial score (nSPS) is 12.0. The van der Waals surface area contributed by atoms with Crippen molar-refractivity contribution in [1.29, 1.82) is 0 Å². The summed E-state index contributed by atoms with van der Waals surface area (Å²) in [6.45, 7) is 1.95. The molecular formula is C9H18N2O6S. The molecule has 0 heterocycles. The fourth-order valence-corrected chi connectivity index (χ4v) is 2.29. The molecule has 0 rings (SSSR count). The maximum absolute atomic E-state index is 11.8. The standard InChI is InChI=1S/C9H18N2O6S/c1-7(2)17-3-4-18(15,16)11(5-8(10)12)6-9(13)14/h7H,3-6H2,1-2H3,(H2,10,12)(H,13,14). The number of hydrogen-bond donors (Lipinski definition) is 2. The van der Waals surface area contributed by atoms with Gasteiger partial charge in [0.15, 0.2) is 0 Å². The molecule has 0 fully saturated rings. The molecule has 0 unspecified atom stereocenters. The highest BCUT2D eigenvalue weighted by molar-refractivity contribution is 7.89. The Morgan fingerprint density at radius 2 is 1.89 bits per heavy atom. The Bertz CT molecular complexity index is 376. The molecule has 18 heavy (non-hydrogen) atoms. The Morgan fingerprint density at radius 3 is 2.28 bits per heavy atom. The van der Waals surface area contributed by atoms with Crippen LogP contribution in [0.2, 0.25) is 0 Å². The first kappa shape index (κ1) is 16.8. The SMILES string of the molecule is CC(C)OCCS(=O)(=O)N(CC(N)=O)CC(=O)O. The molecule has 0 aromatic heterocycles.